The molecule has 0 unspecified atom stereocenters. The van der Waals surface area contributed by atoms with Crippen molar-refractivity contribution in [2.75, 3.05) is 33.8 Å². The molecule has 0 bridgehead atoms. The van der Waals surface area contributed by atoms with Gasteiger partial charge < -0.3 is 35.3 Å². The minimum atomic E-state index is -2.21. The first kappa shape index (κ1) is 61.5. The first-order chi connectivity index (χ1) is 26.4. The number of Topliss-reactive ketones (excluding diaryl/α,β-unsaturated/α-hetero) is 1. The van der Waals surface area contributed by atoms with Crippen molar-refractivity contribution in [3.8, 4) is 0 Å². The van der Waals surface area contributed by atoms with Gasteiger partial charge in [-0.15, -0.1) is 0 Å². The van der Waals surface area contributed by atoms with E-state index < -0.39 is 51.6 Å². The fourth-order valence-electron chi connectivity index (χ4n) is 2.80. The number of rotatable bonds is 9. The normalized spacial score (nSPS) is 9.72. The van der Waals surface area contributed by atoms with E-state index in [9.17, 15) is 33.6 Å². The number of methoxy groups -OCH3 is 4. The fourth-order valence-corrected chi connectivity index (χ4v) is 5.67. The Kier molecular flexibility index (Phi) is 33.2. The van der Waals surface area contributed by atoms with Gasteiger partial charge in [0.15, 0.2) is 0 Å². The maximum Gasteiger partial charge on any atom is 0.413 e. The van der Waals surface area contributed by atoms with Crippen molar-refractivity contribution in [1.29, 1.82) is 0 Å². The number of benzene rings is 1. The Morgan fingerprint density at radius 1 is 0.741 bits per heavy atom. The number of nitrogens with one attached hydrogen (secondary N) is 1. The monoisotopic (exact) mass is 872 g/mol. The van der Waals surface area contributed by atoms with Crippen LogP contribution in [0.15, 0.2) is 29.4 Å². The van der Waals surface area contributed by atoms with E-state index in [0.29, 0.717) is 17.6 Å². The van der Waals surface area contributed by atoms with Gasteiger partial charge in [0.05, 0.1) is 28.4 Å². The Morgan fingerprint density at radius 3 is 1.41 bits per heavy atom. The molecule has 324 valence electrons. The molecule has 0 aliphatic rings. The first-order valence-corrected chi connectivity index (χ1v) is 23.2. The average Bonchev–Trinajstić information content (AvgIpc) is 3.12. The number of esters is 4. The van der Waals surface area contributed by atoms with Gasteiger partial charge in [0.1, 0.15) is 20.3 Å². The van der Waals surface area contributed by atoms with Crippen molar-refractivity contribution >= 4 is 91.6 Å². The van der Waals surface area contributed by atoms with E-state index in [1.165, 1.54) is 42.3 Å². The third-order valence-electron chi connectivity index (χ3n) is 8.09. The van der Waals surface area contributed by atoms with Crippen molar-refractivity contribution in [3.05, 3.63) is 45.8 Å². The van der Waals surface area contributed by atoms with Crippen LogP contribution in [0, 0.1) is 0 Å². The highest BCUT2D eigenvalue weighted by atomic mass is 32.1. The zero-order valence-corrected chi connectivity index (χ0v) is 38.8. The van der Waals surface area contributed by atoms with Crippen LogP contribution in [-0.4, -0.2) is 115 Å². The molecule has 0 heterocycles. The highest BCUT2D eigenvalue weighted by Gasteiger charge is 2.50. The van der Waals surface area contributed by atoms with Crippen LogP contribution in [0.3, 0.4) is 0 Å². The predicted octanol–water partition coefficient (Wildman–Crippen LogP) is 5.17. The predicted molar refractivity (Wildman–Crippen MR) is 220 cm³/mol. The molecule has 0 atom stereocenters. The Bertz CT molecular complexity index is 1730. The van der Waals surface area contributed by atoms with Crippen LogP contribution < -0.4 is 5.32 Å². The Hall–Kier alpha value is -5.77. The van der Waals surface area contributed by atoms with Crippen LogP contribution >= 0.6 is 0 Å². The average molecular weight is 873 g/mol. The summed E-state index contributed by atoms with van der Waals surface area (Å²) in [4.78, 5) is 83.0. The molecule has 0 aliphatic carbocycles. The molecule has 24 heteroatoms. The topological polar surface area (TPSA) is 324 Å². The second kappa shape index (κ2) is 31.3. The van der Waals surface area contributed by atoms with Crippen molar-refractivity contribution in [2.24, 2.45) is 5.11 Å². The highest BCUT2D eigenvalue weighted by Crippen LogP contribution is 2.37. The molecule has 0 aromatic heterocycles. The van der Waals surface area contributed by atoms with Gasteiger partial charge in [0.25, 0.3) is 0 Å². The third-order valence-corrected chi connectivity index (χ3v) is 18.4. The van der Waals surface area contributed by atoms with Crippen molar-refractivity contribution in [3.63, 3.8) is 0 Å². The maximum atomic E-state index is 11.6. The number of hydrogen-bond donors (Lipinski definition) is 1. The number of ketones is 1. The number of carbonyl (C=O) groups excluding carboxylic acids is 7. The summed E-state index contributed by atoms with van der Waals surface area (Å²) < 4.78 is 33.9. The van der Waals surface area contributed by atoms with Gasteiger partial charge in [0, 0.05) is 23.2 Å². The van der Waals surface area contributed by atoms with Gasteiger partial charge in [-0.25, -0.2) is 14.4 Å². The lowest BCUT2D eigenvalue weighted by Crippen LogP contribution is -2.50. The van der Waals surface area contributed by atoms with Crippen LogP contribution in [0.4, 0.5) is 11.4 Å². The number of hydrogen-bond acceptors (Lipinski definition) is 14. The van der Waals surface area contributed by atoms with E-state index in [0.717, 1.165) is 0 Å². The van der Waals surface area contributed by atoms with Gasteiger partial charge in [-0.1, -0.05) is 85.0 Å². The summed E-state index contributed by atoms with van der Waals surface area (Å²) in [6.07, 6.45) is 0.552. The summed E-state index contributed by atoms with van der Waals surface area (Å²) in [5.74, 6) is -2.67. The molecule has 0 aliphatic heterocycles. The summed E-state index contributed by atoms with van der Waals surface area (Å²) in [5.41, 5.74) is 25.8. The summed E-state index contributed by atoms with van der Waals surface area (Å²) in [6, 6.07) is 6.60. The van der Waals surface area contributed by atoms with E-state index in [1.807, 2.05) is 67.7 Å². The van der Waals surface area contributed by atoms with E-state index in [4.69, 9.17) is 25.0 Å². The standard InChI is InChI=1S/C9H18N2O2Si.C9H18O3Si.C8H8N4O.C5H8O3.C3H4N2O2.O2S/c1-9(2,3)14(5,6)7(11-10)8(12)13-4;1-9(2,3)13(5,6)8(11)7(10)12-4;1-6(13)10-7-2-4-8(5-3-7)11-12-9;1-4(6)3-5(7)8-2;1-7-3(6)2-5-4;1-3-2/h1-6H3;1-6H3;2-5H,1H3,(H,10,13);3H2,1-2H3;2H,1H3;. The quantitative estimate of drug-likeness (QED) is 0.0386. The van der Waals surface area contributed by atoms with Crippen LogP contribution in [0.2, 0.25) is 36.3 Å². The number of anilines is 1. The first-order valence-electron chi connectivity index (χ1n) is 16.5. The molecule has 1 aromatic carbocycles. The Balaban J connectivity index is -0.000000202. The van der Waals surface area contributed by atoms with E-state index in [-0.39, 0.29) is 38.9 Å². The second-order valence-electron chi connectivity index (χ2n) is 14.2. The number of azide groups is 1. The maximum absolute atomic E-state index is 11.6. The molecule has 1 amide bonds. The Morgan fingerprint density at radius 2 is 1.17 bits per heavy atom. The van der Waals surface area contributed by atoms with Crippen molar-refractivity contribution in [2.45, 2.75) is 98.1 Å². The van der Waals surface area contributed by atoms with Gasteiger partial charge in [-0.05, 0) is 34.7 Å². The summed E-state index contributed by atoms with van der Waals surface area (Å²) in [7, 11) is 0.691. The molecule has 0 fully saturated rings. The lowest BCUT2D eigenvalue weighted by Gasteiger charge is -2.33. The van der Waals surface area contributed by atoms with E-state index in [2.05, 4.69) is 43.9 Å². The lowest BCUT2D eigenvalue weighted by atomic mass is 10.2. The molecule has 21 nitrogen and oxygen atoms in total. The van der Waals surface area contributed by atoms with Crippen LogP contribution in [0.25, 0.3) is 21.5 Å². The molecule has 1 rings (SSSR count). The molecular formula is C34H56N8O13SSi2. The number of amides is 1. The SMILES string of the molecule is CC(=O)Nc1ccc(N=[N+]=[N-])cc1.COC(=O)C(=O)[Si](C)(C)C(C)(C)C.COC(=O)C(=[N+]=[N-])[Si](C)(C)C(C)(C)C.COC(=O)C=[N+]=[N-].COC(=O)CC(C)=O.O=S=O. The molecule has 0 radical (unpaired) electrons. The van der Waals surface area contributed by atoms with Crippen LogP contribution in [-0.2, 0) is 64.1 Å². The minimum absolute atomic E-state index is 0.0528. The molecule has 0 saturated carbocycles. The third kappa shape index (κ3) is 27.8. The Labute approximate surface area is 344 Å². The van der Waals surface area contributed by atoms with E-state index >= 15 is 0 Å². The molecule has 1 N–H and O–H groups in total. The number of carbonyl (C=O) groups is 7. The lowest BCUT2D eigenvalue weighted by molar-refractivity contribution is -0.148. The fraction of sp³-hybridized carbons (Fsp3) is 0.559. The number of ether oxygens (including phenoxy) is 4. The largest absolute Gasteiger partial charge is 0.469 e. The highest BCUT2D eigenvalue weighted by molar-refractivity contribution is 7.51. The zero-order chi connectivity index (χ0) is 47.1. The summed E-state index contributed by atoms with van der Waals surface area (Å²) >= 11 is -0.750. The second-order valence-corrected chi connectivity index (χ2v) is 24.8. The molecule has 58 heavy (non-hydrogen) atoms. The van der Waals surface area contributed by atoms with Crippen LogP contribution in [0.1, 0.15) is 61.8 Å². The van der Waals surface area contributed by atoms with Crippen molar-refractivity contribution in [1.82, 2.24) is 0 Å². The summed E-state index contributed by atoms with van der Waals surface area (Å²) in [6.45, 7) is 22.6. The van der Waals surface area contributed by atoms with Gasteiger partial charge >= 0.3 is 47.0 Å². The minimum Gasteiger partial charge on any atom is -0.469 e. The van der Waals surface area contributed by atoms with Crippen LogP contribution in [0.5, 0.6) is 0 Å². The van der Waals surface area contributed by atoms with E-state index in [1.54, 1.807) is 24.3 Å². The van der Waals surface area contributed by atoms with Gasteiger partial charge in [-0.3, -0.25) is 19.2 Å². The molecular weight excluding hydrogens is 817 g/mol. The smallest absolute Gasteiger partial charge is 0.413 e. The van der Waals surface area contributed by atoms with Gasteiger partial charge in [0.2, 0.25) is 19.4 Å². The number of nitrogens with zero attached hydrogens (tertiary/aromatic N) is 7. The molecule has 0 spiro atoms. The van der Waals surface area contributed by atoms with Crippen molar-refractivity contribution < 1.29 is 70.5 Å². The molecule has 1 aromatic rings. The molecule has 0 saturated heterocycles. The van der Waals surface area contributed by atoms with Gasteiger partial charge in [-0.2, -0.15) is 18.0 Å². The zero-order valence-electron chi connectivity index (χ0n) is 35.9. The summed E-state index contributed by atoms with van der Waals surface area (Å²) in [5, 5.41) is 5.69.